The van der Waals surface area contributed by atoms with E-state index < -0.39 is 0 Å². The number of nitrogens with one attached hydrogen (secondary N) is 1. The Balaban J connectivity index is 1.75. The summed E-state index contributed by atoms with van der Waals surface area (Å²) in [5.41, 5.74) is 0. The second-order valence-corrected chi connectivity index (χ2v) is 6.32. The van der Waals surface area contributed by atoms with Crippen molar-refractivity contribution in [3.63, 3.8) is 0 Å². The van der Waals surface area contributed by atoms with Crippen LogP contribution in [0.4, 0.5) is 0 Å². The second kappa shape index (κ2) is 8.53. The van der Waals surface area contributed by atoms with Crippen molar-refractivity contribution in [2.45, 2.75) is 11.4 Å². The van der Waals surface area contributed by atoms with Gasteiger partial charge >= 0.3 is 0 Å². The summed E-state index contributed by atoms with van der Waals surface area (Å²) >= 11 is 3.04. The van der Waals surface area contributed by atoms with E-state index >= 15 is 0 Å². The number of carbonyl (C=O) groups is 1. The zero-order chi connectivity index (χ0) is 14.9. The molecule has 0 aliphatic carbocycles. The fourth-order valence-corrected chi connectivity index (χ4v) is 3.14. The Morgan fingerprint density at radius 1 is 1.24 bits per heavy atom. The van der Waals surface area contributed by atoms with Gasteiger partial charge < -0.3 is 10.4 Å². The number of thioether (sulfide) groups is 1. The van der Waals surface area contributed by atoms with E-state index in [0.717, 1.165) is 14.6 Å². The van der Waals surface area contributed by atoms with Crippen LogP contribution >= 0.6 is 23.1 Å². The van der Waals surface area contributed by atoms with Gasteiger partial charge in [0.1, 0.15) is 6.61 Å². The number of aliphatic hydroxyl groups excluding tert-OH is 1. The number of aliphatic hydroxyl groups is 1. The molecule has 2 N–H and O–H groups in total. The van der Waals surface area contributed by atoms with E-state index in [1.54, 1.807) is 0 Å². The second-order valence-electron chi connectivity index (χ2n) is 4.10. The van der Waals surface area contributed by atoms with Crippen LogP contribution in [0.5, 0.6) is 0 Å². The molecule has 5 heteroatoms. The number of amides is 1. The normalized spacial score (nSPS) is 9.76. The minimum atomic E-state index is -0.138. The number of rotatable bonds is 5. The topological polar surface area (TPSA) is 49.3 Å². The molecule has 0 spiro atoms. The predicted molar refractivity (Wildman–Crippen MR) is 87.3 cm³/mol. The van der Waals surface area contributed by atoms with Crippen molar-refractivity contribution in [2.24, 2.45) is 0 Å². The van der Waals surface area contributed by atoms with Gasteiger partial charge in [-0.1, -0.05) is 30.0 Å². The van der Waals surface area contributed by atoms with Crippen LogP contribution in [-0.2, 0) is 11.3 Å². The van der Waals surface area contributed by atoms with Crippen LogP contribution in [0.15, 0.2) is 47.4 Å². The van der Waals surface area contributed by atoms with E-state index in [-0.39, 0.29) is 12.5 Å². The Labute approximate surface area is 132 Å². The third-order valence-corrected chi connectivity index (χ3v) is 4.54. The average Bonchev–Trinajstić information content (AvgIpc) is 2.98. The predicted octanol–water partition coefficient (Wildman–Crippen LogP) is 2.50. The number of carbonyl (C=O) groups excluding carboxylic acids is 1. The summed E-state index contributed by atoms with van der Waals surface area (Å²) in [5, 5.41) is 11.5. The minimum Gasteiger partial charge on any atom is -0.384 e. The van der Waals surface area contributed by atoms with Crippen LogP contribution in [0.2, 0.25) is 0 Å². The van der Waals surface area contributed by atoms with Gasteiger partial charge in [-0.05, 0) is 24.3 Å². The maximum Gasteiger partial charge on any atom is 0.230 e. The van der Waals surface area contributed by atoms with E-state index in [1.165, 1.54) is 23.1 Å². The first-order valence-electron chi connectivity index (χ1n) is 6.41. The van der Waals surface area contributed by atoms with E-state index in [4.69, 9.17) is 5.11 Å². The van der Waals surface area contributed by atoms with Crippen molar-refractivity contribution in [1.82, 2.24) is 5.32 Å². The van der Waals surface area contributed by atoms with Gasteiger partial charge in [0, 0.05) is 9.77 Å². The Kier molecular flexibility index (Phi) is 6.35. The highest BCUT2D eigenvalue weighted by molar-refractivity contribution is 8.00. The molecule has 0 saturated carbocycles. The van der Waals surface area contributed by atoms with Crippen LogP contribution in [-0.4, -0.2) is 23.4 Å². The SMILES string of the molecule is O=C(CSc1ccccc1)NCc1ccc(C#CCO)s1. The standard InChI is InChI=1S/C16H15NO2S2/c18-10-4-7-14-8-9-15(21-14)11-17-16(19)12-20-13-5-2-1-3-6-13/h1-3,5-6,8-9,18H,10-12H2,(H,17,19). The van der Waals surface area contributed by atoms with Crippen molar-refractivity contribution in [3.05, 3.63) is 52.2 Å². The Hall–Kier alpha value is -1.74. The highest BCUT2D eigenvalue weighted by Gasteiger charge is 2.04. The zero-order valence-corrected chi connectivity index (χ0v) is 13.0. The Bertz CT molecular complexity index is 641. The lowest BCUT2D eigenvalue weighted by Crippen LogP contribution is -2.24. The van der Waals surface area contributed by atoms with Gasteiger partial charge in [-0.25, -0.2) is 0 Å². The lowest BCUT2D eigenvalue weighted by Gasteiger charge is -2.03. The Morgan fingerprint density at radius 3 is 2.81 bits per heavy atom. The molecule has 108 valence electrons. The quantitative estimate of drug-likeness (QED) is 0.658. The summed E-state index contributed by atoms with van der Waals surface area (Å²) in [6.45, 7) is 0.375. The third kappa shape index (κ3) is 5.64. The third-order valence-electron chi connectivity index (χ3n) is 2.53. The summed E-state index contributed by atoms with van der Waals surface area (Å²) in [6.07, 6.45) is 0. The van der Waals surface area contributed by atoms with Crippen LogP contribution < -0.4 is 5.32 Å². The van der Waals surface area contributed by atoms with Gasteiger partial charge in [0.05, 0.1) is 17.2 Å². The summed E-state index contributed by atoms with van der Waals surface area (Å²) in [6, 6.07) is 13.7. The molecule has 2 rings (SSSR count). The highest BCUT2D eigenvalue weighted by atomic mass is 32.2. The van der Waals surface area contributed by atoms with Crippen molar-refractivity contribution in [1.29, 1.82) is 0 Å². The van der Waals surface area contributed by atoms with E-state index in [9.17, 15) is 4.79 Å². The maximum absolute atomic E-state index is 11.8. The molecule has 2 aromatic rings. The van der Waals surface area contributed by atoms with Crippen LogP contribution in [0, 0.1) is 11.8 Å². The molecule has 0 fully saturated rings. The highest BCUT2D eigenvalue weighted by Crippen LogP contribution is 2.17. The molecule has 1 aromatic carbocycles. The minimum absolute atomic E-state index is 0.0141. The summed E-state index contributed by atoms with van der Waals surface area (Å²) < 4.78 is 0. The molecule has 0 bridgehead atoms. The van der Waals surface area contributed by atoms with E-state index in [1.807, 2.05) is 42.5 Å². The van der Waals surface area contributed by atoms with Gasteiger partial charge in [0.2, 0.25) is 5.91 Å². The van der Waals surface area contributed by atoms with E-state index in [2.05, 4.69) is 17.2 Å². The first-order chi connectivity index (χ1) is 10.3. The van der Waals surface area contributed by atoms with Gasteiger partial charge in [0.15, 0.2) is 0 Å². The molecular formula is C16H15NO2S2. The molecule has 0 aliphatic rings. The zero-order valence-electron chi connectivity index (χ0n) is 11.3. The number of hydrogen-bond donors (Lipinski definition) is 2. The molecule has 3 nitrogen and oxygen atoms in total. The maximum atomic E-state index is 11.8. The fraction of sp³-hybridized carbons (Fsp3) is 0.188. The van der Waals surface area contributed by atoms with Gasteiger partial charge in [-0.15, -0.1) is 23.1 Å². The summed E-state index contributed by atoms with van der Waals surface area (Å²) in [7, 11) is 0. The average molecular weight is 317 g/mol. The van der Waals surface area contributed by atoms with E-state index in [0.29, 0.717) is 12.3 Å². The smallest absolute Gasteiger partial charge is 0.230 e. The largest absolute Gasteiger partial charge is 0.384 e. The van der Waals surface area contributed by atoms with Gasteiger partial charge in [-0.2, -0.15) is 0 Å². The van der Waals surface area contributed by atoms with Gasteiger partial charge in [-0.3, -0.25) is 4.79 Å². The lowest BCUT2D eigenvalue weighted by molar-refractivity contribution is -0.118. The first kappa shape index (κ1) is 15.6. The van der Waals surface area contributed by atoms with Crippen LogP contribution in [0.25, 0.3) is 0 Å². The first-order valence-corrected chi connectivity index (χ1v) is 8.21. The molecule has 0 radical (unpaired) electrons. The molecule has 0 saturated heterocycles. The molecule has 1 aromatic heterocycles. The van der Waals surface area contributed by atoms with Crippen molar-refractivity contribution in [3.8, 4) is 11.8 Å². The monoisotopic (exact) mass is 317 g/mol. The lowest BCUT2D eigenvalue weighted by atomic mass is 10.4. The van der Waals surface area contributed by atoms with Crippen LogP contribution in [0.1, 0.15) is 9.75 Å². The molecule has 21 heavy (non-hydrogen) atoms. The fourth-order valence-electron chi connectivity index (χ4n) is 1.57. The Morgan fingerprint density at radius 2 is 2.05 bits per heavy atom. The van der Waals surface area contributed by atoms with Crippen molar-refractivity contribution in [2.75, 3.05) is 12.4 Å². The number of thiophene rings is 1. The molecule has 1 heterocycles. The van der Waals surface area contributed by atoms with Crippen LogP contribution in [0.3, 0.4) is 0 Å². The molecule has 1 amide bonds. The molecule has 0 unspecified atom stereocenters. The number of benzene rings is 1. The molecule has 0 atom stereocenters. The summed E-state index contributed by atoms with van der Waals surface area (Å²) in [5.74, 6) is 5.88. The number of hydrogen-bond acceptors (Lipinski definition) is 4. The van der Waals surface area contributed by atoms with Gasteiger partial charge in [0.25, 0.3) is 0 Å². The van der Waals surface area contributed by atoms with Crippen molar-refractivity contribution < 1.29 is 9.90 Å². The summed E-state index contributed by atoms with van der Waals surface area (Å²) in [4.78, 5) is 14.8. The van der Waals surface area contributed by atoms with Crippen molar-refractivity contribution >= 4 is 29.0 Å². The molecular weight excluding hydrogens is 302 g/mol. The molecule has 0 aliphatic heterocycles.